The summed E-state index contributed by atoms with van der Waals surface area (Å²) in [6.45, 7) is 4.63. The topological polar surface area (TPSA) is 61.8 Å². The van der Waals surface area contributed by atoms with Gasteiger partial charge in [0.1, 0.15) is 6.07 Å². The van der Waals surface area contributed by atoms with Crippen LogP contribution in [0.5, 0.6) is 0 Å². The van der Waals surface area contributed by atoms with Crippen LogP contribution in [0.15, 0.2) is 18.2 Å². The van der Waals surface area contributed by atoms with E-state index in [1.807, 2.05) is 12.1 Å². The lowest BCUT2D eigenvalue weighted by Crippen LogP contribution is -2.32. The van der Waals surface area contributed by atoms with E-state index in [0.717, 1.165) is 12.1 Å². The van der Waals surface area contributed by atoms with Gasteiger partial charge in [0.05, 0.1) is 16.9 Å². The van der Waals surface area contributed by atoms with Gasteiger partial charge in [0, 0.05) is 6.04 Å². The van der Waals surface area contributed by atoms with E-state index in [1.165, 1.54) is 19.3 Å². The molecule has 0 aromatic heterocycles. The Morgan fingerprint density at radius 1 is 1.44 bits per heavy atom. The minimum Gasteiger partial charge on any atom is -0.396 e. The van der Waals surface area contributed by atoms with Gasteiger partial charge in [-0.25, -0.2) is 0 Å². The molecule has 96 valence electrons. The zero-order valence-corrected chi connectivity index (χ0v) is 11.2. The van der Waals surface area contributed by atoms with Gasteiger partial charge >= 0.3 is 0 Å². The number of nitrogens with one attached hydrogen (secondary N) is 1. The van der Waals surface area contributed by atoms with Crippen LogP contribution in [0.25, 0.3) is 0 Å². The van der Waals surface area contributed by atoms with E-state index in [1.54, 1.807) is 6.07 Å². The van der Waals surface area contributed by atoms with Gasteiger partial charge in [-0.05, 0) is 36.8 Å². The Bertz CT molecular complexity index is 471. The first-order valence-electron chi connectivity index (χ1n) is 6.57. The Kier molecular flexibility index (Phi) is 3.47. The highest BCUT2D eigenvalue weighted by Crippen LogP contribution is 2.37. The molecular weight excluding hydrogens is 222 g/mol. The summed E-state index contributed by atoms with van der Waals surface area (Å²) in [5, 5.41) is 12.5. The smallest absolute Gasteiger partial charge is 0.101 e. The lowest BCUT2D eigenvalue weighted by atomic mass is 9.75. The minimum atomic E-state index is 0.400. The fourth-order valence-corrected chi connectivity index (χ4v) is 2.83. The van der Waals surface area contributed by atoms with Crippen molar-refractivity contribution in [1.29, 1.82) is 5.26 Å². The SMILES string of the molecule is CC1(C)CCCC(Nc2cccc(C#N)c2N)C1. The zero-order chi connectivity index (χ0) is 13.2. The molecule has 1 fully saturated rings. The molecule has 0 heterocycles. The molecule has 1 saturated carbocycles. The molecule has 1 aliphatic carbocycles. The molecule has 1 atom stereocenters. The molecule has 1 unspecified atom stereocenters. The van der Waals surface area contributed by atoms with Gasteiger partial charge in [0.2, 0.25) is 0 Å². The number of nitrogens with zero attached hydrogens (tertiary/aromatic N) is 1. The van der Waals surface area contributed by atoms with Crippen molar-refractivity contribution in [2.45, 2.75) is 45.6 Å². The Morgan fingerprint density at radius 3 is 2.89 bits per heavy atom. The molecule has 1 aliphatic rings. The third-order valence-electron chi connectivity index (χ3n) is 3.79. The normalized spacial score (nSPS) is 22.2. The second-order valence-electron chi connectivity index (χ2n) is 5.98. The van der Waals surface area contributed by atoms with Crippen LogP contribution in [0.4, 0.5) is 11.4 Å². The van der Waals surface area contributed by atoms with Crippen LogP contribution in [0.1, 0.15) is 45.1 Å². The van der Waals surface area contributed by atoms with Gasteiger partial charge in [-0.15, -0.1) is 0 Å². The van der Waals surface area contributed by atoms with Crippen molar-refractivity contribution in [3.63, 3.8) is 0 Å². The summed E-state index contributed by atoms with van der Waals surface area (Å²) in [6.07, 6.45) is 4.88. The van der Waals surface area contributed by atoms with Gasteiger partial charge in [-0.3, -0.25) is 0 Å². The Morgan fingerprint density at radius 2 is 2.22 bits per heavy atom. The van der Waals surface area contributed by atoms with Crippen molar-refractivity contribution in [3.05, 3.63) is 23.8 Å². The summed E-state index contributed by atoms with van der Waals surface area (Å²) in [5.74, 6) is 0. The van der Waals surface area contributed by atoms with E-state index in [4.69, 9.17) is 11.0 Å². The minimum absolute atomic E-state index is 0.400. The van der Waals surface area contributed by atoms with Gasteiger partial charge in [-0.1, -0.05) is 26.3 Å². The fourth-order valence-electron chi connectivity index (χ4n) is 2.83. The molecule has 0 aliphatic heterocycles. The molecule has 0 bridgehead atoms. The molecule has 18 heavy (non-hydrogen) atoms. The predicted molar refractivity (Wildman–Crippen MR) is 75.2 cm³/mol. The first-order valence-corrected chi connectivity index (χ1v) is 6.57. The largest absolute Gasteiger partial charge is 0.396 e. The molecule has 1 aromatic carbocycles. The number of anilines is 2. The van der Waals surface area contributed by atoms with Crippen molar-refractivity contribution >= 4 is 11.4 Å². The maximum absolute atomic E-state index is 8.97. The van der Waals surface area contributed by atoms with Crippen LogP contribution >= 0.6 is 0 Å². The standard InChI is InChI=1S/C15H21N3/c1-15(2)8-4-6-12(9-15)18-13-7-3-5-11(10-16)14(13)17/h3,5,7,12,18H,4,6,8-9,17H2,1-2H3. The van der Waals surface area contributed by atoms with Crippen LogP contribution < -0.4 is 11.1 Å². The third-order valence-corrected chi connectivity index (χ3v) is 3.79. The number of hydrogen-bond donors (Lipinski definition) is 2. The Balaban J connectivity index is 2.13. The monoisotopic (exact) mass is 243 g/mol. The van der Waals surface area contributed by atoms with Gasteiger partial charge in [0.15, 0.2) is 0 Å². The van der Waals surface area contributed by atoms with E-state index in [-0.39, 0.29) is 0 Å². The van der Waals surface area contributed by atoms with Crippen molar-refractivity contribution in [2.24, 2.45) is 5.41 Å². The molecule has 0 radical (unpaired) electrons. The van der Waals surface area contributed by atoms with Gasteiger partial charge in [-0.2, -0.15) is 5.26 Å². The molecule has 0 spiro atoms. The molecule has 3 N–H and O–H groups in total. The number of hydrogen-bond acceptors (Lipinski definition) is 3. The second-order valence-corrected chi connectivity index (χ2v) is 5.98. The van der Waals surface area contributed by atoms with Crippen molar-refractivity contribution in [3.8, 4) is 6.07 Å². The highest BCUT2D eigenvalue weighted by molar-refractivity contribution is 5.73. The van der Waals surface area contributed by atoms with Crippen LogP contribution in [0, 0.1) is 16.7 Å². The predicted octanol–water partition coefficient (Wildman–Crippen LogP) is 3.52. The first-order chi connectivity index (χ1) is 8.52. The van der Waals surface area contributed by atoms with E-state index in [2.05, 4.69) is 25.2 Å². The van der Waals surface area contributed by atoms with Crippen molar-refractivity contribution in [2.75, 3.05) is 11.1 Å². The fraction of sp³-hybridized carbons (Fsp3) is 0.533. The summed E-state index contributed by atoms with van der Waals surface area (Å²) in [7, 11) is 0. The number of nitriles is 1. The number of nitrogens with two attached hydrogens (primary N) is 1. The molecule has 2 rings (SSSR count). The Hall–Kier alpha value is -1.69. The highest BCUT2D eigenvalue weighted by Gasteiger charge is 2.28. The quantitative estimate of drug-likeness (QED) is 0.781. The summed E-state index contributed by atoms with van der Waals surface area (Å²) in [5.41, 5.74) is 8.42. The average molecular weight is 243 g/mol. The van der Waals surface area contributed by atoms with Gasteiger partial charge in [0.25, 0.3) is 0 Å². The van der Waals surface area contributed by atoms with Crippen molar-refractivity contribution in [1.82, 2.24) is 0 Å². The van der Waals surface area contributed by atoms with E-state index in [9.17, 15) is 0 Å². The maximum Gasteiger partial charge on any atom is 0.101 e. The molecule has 0 saturated heterocycles. The molecule has 1 aromatic rings. The van der Waals surface area contributed by atoms with E-state index < -0.39 is 0 Å². The highest BCUT2D eigenvalue weighted by atomic mass is 14.9. The van der Waals surface area contributed by atoms with Gasteiger partial charge < -0.3 is 11.1 Å². The maximum atomic E-state index is 8.97. The van der Waals surface area contributed by atoms with E-state index >= 15 is 0 Å². The van der Waals surface area contributed by atoms with Crippen LogP contribution in [0.2, 0.25) is 0 Å². The second kappa shape index (κ2) is 4.89. The lowest BCUT2D eigenvalue weighted by Gasteiger charge is -2.36. The molecule has 3 nitrogen and oxygen atoms in total. The van der Waals surface area contributed by atoms with E-state index in [0.29, 0.717) is 22.7 Å². The van der Waals surface area contributed by atoms with Crippen LogP contribution in [-0.2, 0) is 0 Å². The van der Waals surface area contributed by atoms with Crippen molar-refractivity contribution < 1.29 is 0 Å². The van der Waals surface area contributed by atoms with Crippen LogP contribution in [-0.4, -0.2) is 6.04 Å². The average Bonchev–Trinajstić information content (AvgIpc) is 2.31. The number of rotatable bonds is 2. The zero-order valence-electron chi connectivity index (χ0n) is 11.2. The number of para-hydroxylation sites is 1. The summed E-state index contributed by atoms with van der Waals surface area (Å²) in [6, 6.07) is 8.18. The number of benzene rings is 1. The summed E-state index contributed by atoms with van der Waals surface area (Å²) in [4.78, 5) is 0. The molecule has 0 amide bonds. The lowest BCUT2D eigenvalue weighted by molar-refractivity contribution is 0.229. The number of nitrogen functional groups attached to an aromatic ring is 1. The molecular formula is C15H21N3. The molecule has 3 heteroatoms. The first kappa shape index (κ1) is 12.8. The third kappa shape index (κ3) is 2.76. The summed E-state index contributed by atoms with van der Waals surface area (Å²) < 4.78 is 0. The van der Waals surface area contributed by atoms with Crippen LogP contribution in [0.3, 0.4) is 0 Å². The Labute approximate surface area is 109 Å². The summed E-state index contributed by atoms with van der Waals surface area (Å²) >= 11 is 0.